The minimum atomic E-state index is -0.940. The highest BCUT2D eigenvalue weighted by Gasteiger charge is 2.31. The molecule has 0 spiro atoms. The van der Waals surface area contributed by atoms with Crippen molar-refractivity contribution in [2.24, 2.45) is 5.92 Å². The number of anilines is 1. The van der Waals surface area contributed by atoms with Gasteiger partial charge in [-0.15, -0.1) is 0 Å². The van der Waals surface area contributed by atoms with E-state index in [0.717, 1.165) is 84.9 Å². The molecule has 0 radical (unpaired) electrons. The number of piperazine rings is 1. The minimum Gasteiger partial charge on any atom is -0.478 e. The van der Waals surface area contributed by atoms with E-state index in [1.54, 1.807) is 18.2 Å². The summed E-state index contributed by atoms with van der Waals surface area (Å²) in [7, 11) is 0. The first-order valence-electron chi connectivity index (χ1n) is 15.9. The Kier molecular flexibility index (Phi) is 8.01. The van der Waals surface area contributed by atoms with Crippen LogP contribution in [0.4, 0.5) is 5.82 Å². The Labute approximate surface area is 262 Å². The number of ether oxygens (including phenoxy) is 2. The Morgan fingerprint density at radius 2 is 1.84 bits per heavy atom. The highest BCUT2D eigenvalue weighted by atomic mass is 16.5. The summed E-state index contributed by atoms with van der Waals surface area (Å²) in [5, 5.41) is 9.56. The summed E-state index contributed by atoms with van der Waals surface area (Å²) in [6.07, 6.45) is 3.14. The number of carbonyl (C=O) groups is 2. The number of aromatic nitrogens is 3. The first-order chi connectivity index (χ1) is 21.8. The van der Waals surface area contributed by atoms with Gasteiger partial charge in [0, 0.05) is 49.8 Å². The number of rotatable bonds is 11. The molecule has 2 aromatic carbocycles. The summed E-state index contributed by atoms with van der Waals surface area (Å²) in [6.45, 7) is 9.19. The van der Waals surface area contributed by atoms with Crippen molar-refractivity contribution in [3.8, 4) is 5.88 Å². The average molecular weight is 610 g/mol. The predicted octanol–water partition coefficient (Wildman–Crippen LogP) is 5.11. The number of aromatic carboxylic acids is 1. The molecule has 7 rings (SSSR count). The van der Waals surface area contributed by atoms with Crippen molar-refractivity contribution >= 4 is 28.6 Å². The van der Waals surface area contributed by atoms with Gasteiger partial charge in [0.2, 0.25) is 5.88 Å². The van der Waals surface area contributed by atoms with Gasteiger partial charge >= 0.3 is 5.97 Å². The second kappa shape index (κ2) is 12.3. The Hall–Kier alpha value is -4.28. The molecular formula is C35H39N5O5. The molecular weight excluding hydrogens is 570 g/mol. The molecule has 1 saturated carbocycles. The number of aryl methyl sites for hydroxylation is 1. The summed E-state index contributed by atoms with van der Waals surface area (Å²) >= 11 is 0. The molecule has 45 heavy (non-hydrogen) atoms. The van der Waals surface area contributed by atoms with Gasteiger partial charge in [-0.2, -0.15) is 4.98 Å². The number of Topliss-reactive ketones (excluding diaryl/α,β-unsaturated/α-hetero) is 1. The second-order valence-corrected chi connectivity index (χ2v) is 12.6. The summed E-state index contributed by atoms with van der Waals surface area (Å²) in [4.78, 5) is 38.6. The van der Waals surface area contributed by atoms with Crippen LogP contribution in [0.3, 0.4) is 0 Å². The van der Waals surface area contributed by atoms with E-state index >= 15 is 0 Å². The maximum Gasteiger partial charge on any atom is 0.335 e. The second-order valence-electron chi connectivity index (χ2n) is 12.6. The van der Waals surface area contributed by atoms with Crippen LogP contribution in [0.15, 0.2) is 54.6 Å². The SMILES string of the molecule is Cc1cc(C(=O)C2CC2)ccc1COc1cccc(N2CCN(Cc3nc4ccc(C(=O)O)cc4n3C[C@@H]3CCO3)[C@@H](C)C2)n1. The van der Waals surface area contributed by atoms with Crippen molar-refractivity contribution in [2.45, 2.75) is 65.0 Å². The van der Waals surface area contributed by atoms with Crippen LogP contribution >= 0.6 is 0 Å². The Morgan fingerprint density at radius 1 is 1.02 bits per heavy atom. The average Bonchev–Trinajstić information content (AvgIpc) is 3.81. The molecule has 4 aromatic rings. The fourth-order valence-corrected chi connectivity index (χ4v) is 6.29. The molecule has 0 unspecified atom stereocenters. The smallest absolute Gasteiger partial charge is 0.335 e. The van der Waals surface area contributed by atoms with E-state index in [1.807, 2.05) is 43.3 Å². The van der Waals surface area contributed by atoms with E-state index < -0.39 is 5.97 Å². The zero-order valence-corrected chi connectivity index (χ0v) is 25.8. The van der Waals surface area contributed by atoms with Gasteiger partial charge in [-0.05, 0) is 74.6 Å². The molecule has 1 aliphatic carbocycles. The van der Waals surface area contributed by atoms with Gasteiger partial charge in [0.1, 0.15) is 18.2 Å². The quantitative estimate of drug-likeness (QED) is 0.232. The van der Waals surface area contributed by atoms with Crippen LogP contribution in [0.2, 0.25) is 0 Å². The maximum atomic E-state index is 12.4. The molecule has 0 bridgehead atoms. The molecule has 3 fully saturated rings. The molecule has 10 nitrogen and oxygen atoms in total. The molecule has 4 heterocycles. The molecule has 3 aliphatic rings. The van der Waals surface area contributed by atoms with Crippen molar-refractivity contribution in [1.82, 2.24) is 19.4 Å². The summed E-state index contributed by atoms with van der Waals surface area (Å²) < 4.78 is 14.0. The molecule has 2 saturated heterocycles. The number of pyridine rings is 1. The van der Waals surface area contributed by atoms with Crippen molar-refractivity contribution in [1.29, 1.82) is 0 Å². The van der Waals surface area contributed by atoms with E-state index in [1.165, 1.54) is 0 Å². The van der Waals surface area contributed by atoms with Crippen LogP contribution < -0.4 is 9.64 Å². The van der Waals surface area contributed by atoms with Crippen LogP contribution in [0.1, 0.15) is 63.9 Å². The van der Waals surface area contributed by atoms with E-state index in [4.69, 9.17) is 19.4 Å². The Bertz CT molecular complexity index is 1740. The summed E-state index contributed by atoms with van der Waals surface area (Å²) in [5.41, 5.74) is 4.80. The third-order valence-electron chi connectivity index (χ3n) is 9.35. The van der Waals surface area contributed by atoms with Crippen LogP contribution in [-0.4, -0.2) is 74.7 Å². The monoisotopic (exact) mass is 609 g/mol. The largest absolute Gasteiger partial charge is 0.478 e. The number of fused-ring (bicyclic) bond motifs is 1. The number of hydrogen-bond acceptors (Lipinski definition) is 8. The van der Waals surface area contributed by atoms with Gasteiger partial charge in [0.15, 0.2) is 5.78 Å². The number of imidazole rings is 1. The van der Waals surface area contributed by atoms with Crippen molar-refractivity contribution in [3.63, 3.8) is 0 Å². The van der Waals surface area contributed by atoms with Gasteiger partial charge in [-0.3, -0.25) is 9.69 Å². The standard InChI is InChI=1S/C35H39N5O5/c1-22-16-25(34(41)24-6-7-24)8-9-27(22)21-45-33-5-3-4-31(37-33)39-14-13-38(23(2)18-39)20-32-36-29-11-10-26(35(42)43)17-30(29)40(32)19-28-12-15-44-28/h3-5,8-11,16-17,23-24,28H,6-7,12-15,18-21H2,1-2H3,(H,42,43)/t23-,28-/m0/s1. The number of carboxylic acids is 1. The van der Waals surface area contributed by atoms with Crippen LogP contribution in [0.25, 0.3) is 11.0 Å². The Morgan fingerprint density at radius 3 is 2.56 bits per heavy atom. The lowest BCUT2D eigenvalue weighted by Gasteiger charge is -2.40. The van der Waals surface area contributed by atoms with Crippen LogP contribution in [0, 0.1) is 12.8 Å². The van der Waals surface area contributed by atoms with E-state index in [9.17, 15) is 14.7 Å². The number of benzene rings is 2. The lowest BCUT2D eigenvalue weighted by atomic mass is 10.0. The van der Waals surface area contributed by atoms with Gasteiger partial charge in [0.05, 0.1) is 35.8 Å². The van der Waals surface area contributed by atoms with Crippen molar-refractivity contribution in [3.05, 3.63) is 82.7 Å². The van der Waals surface area contributed by atoms with Crippen LogP contribution in [0.5, 0.6) is 5.88 Å². The van der Waals surface area contributed by atoms with E-state index in [0.29, 0.717) is 25.6 Å². The first kappa shape index (κ1) is 29.4. The fourth-order valence-electron chi connectivity index (χ4n) is 6.29. The lowest BCUT2D eigenvalue weighted by Crippen LogP contribution is -2.52. The van der Waals surface area contributed by atoms with Crippen molar-refractivity contribution in [2.75, 3.05) is 31.1 Å². The van der Waals surface area contributed by atoms with Gasteiger partial charge < -0.3 is 24.0 Å². The highest BCUT2D eigenvalue weighted by Crippen LogP contribution is 2.33. The fraction of sp³-hybridized carbons (Fsp3) is 0.429. The first-order valence-corrected chi connectivity index (χ1v) is 15.9. The van der Waals surface area contributed by atoms with Gasteiger partial charge in [-0.25, -0.2) is 9.78 Å². The molecule has 0 amide bonds. The predicted molar refractivity (Wildman–Crippen MR) is 170 cm³/mol. The topological polar surface area (TPSA) is 110 Å². The molecule has 2 aliphatic heterocycles. The lowest BCUT2D eigenvalue weighted by molar-refractivity contribution is -0.0592. The summed E-state index contributed by atoms with van der Waals surface area (Å²) in [5.74, 6) is 1.92. The number of nitrogens with zero attached hydrogens (tertiary/aromatic N) is 5. The molecule has 234 valence electrons. The zero-order valence-electron chi connectivity index (χ0n) is 25.8. The molecule has 10 heteroatoms. The number of carboxylic acid groups (broad SMARTS) is 1. The Balaban J connectivity index is 1.00. The third kappa shape index (κ3) is 6.30. The number of hydrogen-bond donors (Lipinski definition) is 1. The normalized spacial score (nSPS) is 20.3. The summed E-state index contributed by atoms with van der Waals surface area (Å²) in [6, 6.07) is 17.2. The van der Waals surface area contributed by atoms with Gasteiger partial charge in [0.25, 0.3) is 0 Å². The molecule has 2 atom stereocenters. The number of ketones is 1. The van der Waals surface area contributed by atoms with Crippen LogP contribution in [-0.2, 0) is 24.4 Å². The zero-order chi connectivity index (χ0) is 31.1. The molecule has 2 aromatic heterocycles. The highest BCUT2D eigenvalue weighted by molar-refractivity contribution is 5.99. The minimum absolute atomic E-state index is 0.129. The van der Waals surface area contributed by atoms with Crippen molar-refractivity contribution < 1.29 is 24.2 Å². The van der Waals surface area contributed by atoms with E-state index in [-0.39, 0.29) is 29.4 Å². The van der Waals surface area contributed by atoms with E-state index in [2.05, 4.69) is 21.3 Å². The maximum absolute atomic E-state index is 12.4. The third-order valence-corrected chi connectivity index (χ3v) is 9.35. The molecule has 1 N–H and O–H groups in total. The van der Waals surface area contributed by atoms with Gasteiger partial charge in [-0.1, -0.05) is 18.2 Å². The number of carbonyl (C=O) groups excluding carboxylic acids is 1.